The van der Waals surface area contributed by atoms with Gasteiger partial charge in [0.25, 0.3) is 11.1 Å². The summed E-state index contributed by atoms with van der Waals surface area (Å²) in [6.45, 7) is 2.67. The number of ether oxygens (including phenoxy) is 1. The molecule has 5 nitrogen and oxygen atoms in total. The zero-order valence-electron chi connectivity index (χ0n) is 14.1. The van der Waals surface area contributed by atoms with E-state index < -0.39 is 0 Å². The van der Waals surface area contributed by atoms with Crippen molar-refractivity contribution in [3.8, 4) is 5.75 Å². The molecule has 26 heavy (non-hydrogen) atoms. The molecule has 0 aromatic heterocycles. The highest BCUT2D eigenvalue weighted by Crippen LogP contribution is 2.32. The zero-order valence-corrected chi connectivity index (χ0v) is 17.0. The van der Waals surface area contributed by atoms with Crippen molar-refractivity contribution in [1.82, 2.24) is 4.90 Å². The van der Waals surface area contributed by atoms with E-state index in [1.807, 2.05) is 55.5 Å². The lowest BCUT2D eigenvalue weighted by Crippen LogP contribution is -2.33. The van der Waals surface area contributed by atoms with Crippen LogP contribution in [0.15, 0.2) is 53.4 Å². The maximum Gasteiger partial charge on any atom is 0.295 e. The number of rotatable bonds is 6. The number of nitrogens with zero attached hydrogens (tertiary/aromatic N) is 1. The van der Waals surface area contributed by atoms with Gasteiger partial charge >= 0.3 is 0 Å². The van der Waals surface area contributed by atoms with Crippen LogP contribution in [0.5, 0.6) is 5.75 Å². The van der Waals surface area contributed by atoms with Gasteiger partial charge in [-0.3, -0.25) is 14.5 Å². The Balaban J connectivity index is 1.66. The Kier molecular flexibility index (Phi) is 6.20. The molecule has 0 saturated carbocycles. The molecule has 0 atom stereocenters. The highest BCUT2D eigenvalue weighted by molar-refractivity contribution is 14.1. The summed E-state index contributed by atoms with van der Waals surface area (Å²) >= 11 is 3.18. The van der Waals surface area contributed by atoms with E-state index in [4.69, 9.17) is 4.74 Å². The van der Waals surface area contributed by atoms with Gasteiger partial charge in [0.05, 0.1) is 18.2 Å². The molecule has 134 valence electrons. The van der Waals surface area contributed by atoms with E-state index in [-0.39, 0.29) is 17.8 Å². The summed E-state index contributed by atoms with van der Waals surface area (Å²) in [5.41, 5.74) is 1.71. The minimum Gasteiger partial charge on any atom is -0.494 e. The van der Waals surface area contributed by atoms with Crippen LogP contribution in [0.25, 0.3) is 6.08 Å². The van der Waals surface area contributed by atoms with Gasteiger partial charge in [-0.1, -0.05) is 12.1 Å². The molecule has 3 rings (SSSR count). The van der Waals surface area contributed by atoms with Gasteiger partial charge in [0.2, 0.25) is 0 Å². The smallest absolute Gasteiger partial charge is 0.295 e. The first-order chi connectivity index (χ1) is 12.6. The van der Waals surface area contributed by atoms with Gasteiger partial charge in [-0.05, 0) is 89.3 Å². The number of nitrogens with one attached hydrogen (secondary N) is 1. The van der Waals surface area contributed by atoms with Crippen molar-refractivity contribution in [2.45, 2.75) is 6.92 Å². The second-order valence-corrected chi connectivity index (χ2v) is 7.69. The molecular weight excluding hydrogens is 463 g/mol. The molecule has 2 aromatic rings. The lowest BCUT2D eigenvalue weighted by Gasteiger charge is -2.14. The van der Waals surface area contributed by atoms with Gasteiger partial charge in [0.15, 0.2) is 0 Å². The molecule has 1 heterocycles. The van der Waals surface area contributed by atoms with E-state index in [1.54, 1.807) is 6.08 Å². The van der Waals surface area contributed by atoms with E-state index in [0.717, 1.165) is 32.3 Å². The summed E-state index contributed by atoms with van der Waals surface area (Å²) in [4.78, 5) is 26.3. The third kappa shape index (κ3) is 4.59. The number of benzene rings is 2. The second-order valence-electron chi connectivity index (χ2n) is 5.45. The number of imide groups is 1. The van der Waals surface area contributed by atoms with Crippen molar-refractivity contribution in [3.05, 3.63) is 62.6 Å². The Hall–Kier alpha value is -2.00. The van der Waals surface area contributed by atoms with Crippen LogP contribution in [0.3, 0.4) is 0 Å². The molecule has 1 aliphatic rings. The normalized spacial score (nSPS) is 15.6. The number of hydrogen-bond donors (Lipinski definition) is 1. The molecule has 2 amide bonds. The summed E-state index contributed by atoms with van der Waals surface area (Å²) in [5.74, 6) is 0.492. The van der Waals surface area contributed by atoms with Gasteiger partial charge in [0, 0.05) is 9.26 Å². The number of carbonyl (C=O) groups is 2. The van der Waals surface area contributed by atoms with E-state index in [0.29, 0.717) is 11.5 Å². The number of thioether (sulfide) groups is 1. The van der Waals surface area contributed by atoms with Gasteiger partial charge in [-0.25, -0.2) is 0 Å². The standard InChI is InChI=1S/C19H17IN2O3S/c1-2-25-16-9-3-13(4-10-16)11-17-18(23)22(19(24)26-17)12-21-15-7-5-14(20)6-8-15/h3-11,21H,2,12H2,1H3/b17-11+. The molecule has 0 spiro atoms. The molecule has 0 aliphatic carbocycles. The SMILES string of the molecule is CCOc1ccc(/C=C2/SC(=O)N(CNc3ccc(I)cc3)C2=O)cc1. The third-order valence-electron chi connectivity index (χ3n) is 3.65. The first kappa shape index (κ1) is 18.8. The maximum atomic E-state index is 12.5. The van der Waals surface area contributed by atoms with Gasteiger partial charge < -0.3 is 10.1 Å². The van der Waals surface area contributed by atoms with E-state index in [9.17, 15) is 9.59 Å². The molecule has 0 radical (unpaired) electrons. The second kappa shape index (κ2) is 8.59. The molecule has 1 aliphatic heterocycles. The first-order valence-electron chi connectivity index (χ1n) is 8.04. The van der Waals surface area contributed by atoms with Crippen LogP contribution in [0.4, 0.5) is 10.5 Å². The average Bonchev–Trinajstić information content (AvgIpc) is 2.90. The number of halogens is 1. The summed E-state index contributed by atoms with van der Waals surface area (Å²) in [5, 5.41) is 2.83. The van der Waals surface area contributed by atoms with Crippen LogP contribution in [-0.4, -0.2) is 29.3 Å². The van der Waals surface area contributed by atoms with Crippen molar-refractivity contribution in [2.24, 2.45) is 0 Å². The molecular formula is C19H17IN2O3S. The van der Waals surface area contributed by atoms with Crippen molar-refractivity contribution in [2.75, 3.05) is 18.6 Å². The third-order valence-corrected chi connectivity index (χ3v) is 5.27. The van der Waals surface area contributed by atoms with Crippen molar-refractivity contribution in [3.63, 3.8) is 0 Å². The lowest BCUT2D eigenvalue weighted by atomic mass is 10.2. The number of carbonyl (C=O) groups excluding carboxylic acids is 2. The Morgan fingerprint density at radius 3 is 2.46 bits per heavy atom. The van der Waals surface area contributed by atoms with Crippen LogP contribution in [-0.2, 0) is 4.79 Å². The van der Waals surface area contributed by atoms with Crippen LogP contribution in [0.1, 0.15) is 12.5 Å². The van der Waals surface area contributed by atoms with Crippen LogP contribution in [0.2, 0.25) is 0 Å². The van der Waals surface area contributed by atoms with Crippen molar-refractivity contribution < 1.29 is 14.3 Å². The molecule has 2 aromatic carbocycles. The lowest BCUT2D eigenvalue weighted by molar-refractivity contribution is -0.122. The predicted molar refractivity (Wildman–Crippen MR) is 113 cm³/mol. The fourth-order valence-corrected chi connectivity index (χ4v) is 3.55. The first-order valence-corrected chi connectivity index (χ1v) is 9.94. The Bertz CT molecular complexity index is 835. The Labute approximate surface area is 169 Å². The minimum atomic E-state index is -0.285. The summed E-state index contributed by atoms with van der Waals surface area (Å²) in [7, 11) is 0. The van der Waals surface area contributed by atoms with Crippen LogP contribution < -0.4 is 10.1 Å². The molecule has 0 unspecified atom stereocenters. The number of anilines is 1. The maximum absolute atomic E-state index is 12.5. The van der Waals surface area contributed by atoms with Gasteiger partial charge in [0.1, 0.15) is 5.75 Å². The molecule has 1 fully saturated rings. The molecule has 1 saturated heterocycles. The van der Waals surface area contributed by atoms with E-state index in [2.05, 4.69) is 27.9 Å². The summed E-state index contributed by atoms with van der Waals surface area (Å²) in [6, 6.07) is 15.2. The Morgan fingerprint density at radius 1 is 1.12 bits per heavy atom. The van der Waals surface area contributed by atoms with Crippen LogP contribution >= 0.6 is 34.4 Å². The highest BCUT2D eigenvalue weighted by Gasteiger charge is 2.34. The predicted octanol–water partition coefficient (Wildman–Crippen LogP) is 4.80. The number of amides is 2. The average molecular weight is 480 g/mol. The number of hydrogen-bond acceptors (Lipinski definition) is 5. The highest BCUT2D eigenvalue weighted by atomic mass is 127. The topological polar surface area (TPSA) is 58.6 Å². The Morgan fingerprint density at radius 2 is 1.81 bits per heavy atom. The largest absolute Gasteiger partial charge is 0.494 e. The van der Waals surface area contributed by atoms with E-state index in [1.165, 1.54) is 4.90 Å². The zero-order chi connectivity index (χ0) is 18.5. The summed E-state index contributed by atoms with van der Waals surface area (Å²) < 4.78 is 6.53. The molecule has 7 heteroatoms. The van der Waals surface area contributed by atoms with Gasteiger partial charge in [-0.2, -0.15) is 0 Å². The van der Waals surface area contributed by atoms with Crippen LogP contribution in [0, 0.1) is 3.57 Å². The van der Waals surface area contributed by atoms with Crippen molar-refractivity contribution in [1.29, 1.82) is 0 Å². The molecule has 1 N–H and O–H groups in total. The van der Waals surface area contributed by atoms with Gasteiger partial charge in [-0.15, -0.1) is 0 Å². The molecule has 0 bridgehead atoms. The van der Waals surface area contributed by atoms with E-state index >= 15 is 0 Å². The monoisotopic (exact) mass is 480 g/mol. The summed E-state index contributed by atoms with van der Waals surface area (Å²) in [6.07, 6.45) is 1.73. The van der Waals surface area contributed by atoms with Crippen molar-refractivity contribution >= 4 is 57.3 Å². The minimum absolute atomic E-state index is 0.145. The quantitative estimate of drug-likeness (QED) is 0.476. The fraction of sp³-hybridized carbons (Fsp3) is 0.158. The fourth-order valence-electron chi connectivity index (χ4n) is 2.35.